The summed E-state index contributed by atoms with van der Waals surface area (Å²) in [5.74, 6) is 0. The van der Waals surface area contributed by atoms with E-state index in [1.807, 2.05) is 0 Å². The van der Waals surface area contributed by atoms with Gasteiger partial charge in [0.2, 0.25) is 0 Å². The number of aromatic nitrogens is 2. The van der Waals surface area contributed by atoms with Gasteiger partial charge in [0.1, 0.15) is 10.8 Å². The second-order valence-corrected chi connectivity index (χ2v) is 4.87. The van der Waals surface area contributed by atoms with E-state index in [4.69, 9.17) is 5.73 Å². The lowest BCUT2D eigenvalue weighted by Crippen LogP contribution is -2.40. The average Bonchev–Trinajstić information content (AvgIpc) is 2.48. The molecule has 1 rings (SSSR count). The predicted octanol–water partition coefficient (Wildman–Crippen LogP) is 1.91. The van der Waals surface area contributed by atoms with Crippen LogP contribution in [0.15, 0.2) is 9.85 Å². The van der Waals surface area contributed by atoms with Crippen LogP contribution in [0.3, 0.4) is 0 Å². The summed E-state index contributed by atoms with van der Waals surface area (Å²) in [6, 6.07) is -0.969. The Kier molecular flexibility index (Phi) is 3.73. The minimum atomic E-state index is -4.31. The molecule has 14 heavy (non-hydrogen) atoms. The Morgan fingerprint density at radius 3 is 2.57 bits per heavy atom. The summed E-state index contributed by atoms with van der Waals surface area (Å²) >= 11 is 1.68. The quantitative estimate of drug-likeness (QED) is 0.824. The van der Waals surface area contributed by atoms with Crippen molar-refractivity contribution in [2.24, 2.45) is 5.73 Å². The summed E-state index contributed by atoms with van der Waals surface area (Å²) in [4.78, 5) is 0. The molecule has 0 aliphatic heterocycles. The Balaban J connectivity index is 2.71. The van der Waals surface area contributed by atoms with E-state index in [0.29, 0.717) is 11.8 Å². The van der Waals surface area contributed by atoms with Gasteiger partial charge in [0, 0.05) is 6.04 Å². The minimum Gasteiger partial charge on any atom is -0.327 e. The number of thioether (sulfide) groups is 1. The fourth-order valence-electron chi connectivity index (χ4n) is 0.795. The van der Waals surface area contributed by atoms with Gasteiger partial charge in [0.25, 0.3) is 0 Å². The molecule has 0 amide bonds. The maximum atomic E-state index is 12.4. The topological polar surface area (TPSA) is 51.8 Å². The molecule has 0 aliphatic rings. The van der Waals surface area contributed by atoms with Crippen molar-refractivity contribution in [3.05, 3.63) is 5.51 Å². The van der Waals surface area contributed by atoms with E-state index in [1.165, 1.54) is 12.4 Å². The molecular formula is C6H8F3N3S2. The smallest absolute Gasteiger partial charge is 0.327 e. The van der Waals surface area contributed by atoms with E-state index in [9.17, 15) is 13.2 Å². The van der Waals surface area contributed by atoms with Crippen molar-refractivity contribution in [3.63, 3.8) is 0 Å². The van der Waals surface area contributed by atoms with Crippen LogP contribution < -0.4 is 5.73 Å². The van der Waals surface area contributed by atoms with Crippen LogP contribution >= 0.6 is 23.1 Å². The Morgan fingerprint density at radius 2 is 2.21 bits per heavy atom. The van der Waals surface area contributed by atoms with Gasteiger partial charge in [-0.1, -0.05) is 23.1 Å². The van der Waals surface area contributed by atoms with Crippen LogP contribution in [0.2, 0.25) is 0 Å². The number of rotatable bonds is 3. The van der Waals surface area contributed by atoms with Crippen LogP contribution in [0.1, 0.15) is 6.92 Å². The van der Waals surface area contributed by atoms with Gasteiger partial charge in [0.05, 0.1) is 0 Å². The molecule has 3 nitrogen and oxygen atoms in total. The zero-order valence-electron chi connectivity index (χ0n) is 7.15. The monoisotopic (exact) mass is 243 g/mol. The molecule has 1 heterocycles. The molecule has 0 fully saturated rings. The Labute approximate surface area is 86.9 Å². The molecule has 0 aliphatic carbocycles. The van der Waals surface area contributed by atoms with Crippen LogP contribution in [0, 0.1) is 0 Å². The van der Waals surface area contributed by atoms with E-state index < -0.39 is 17.5 Å². The Hall–Kier alpha value is -0.340. The van der Waals surface area contributed by atoms with Gasteiger partial charge >= 0.3 is 6.18 Å². The van der Waals surface area contributed by atoms with E-state index >= 15 is 0 Å². The van der Waals surface area contributed by atoms with Crippen LogP contribution in [0.5, 0.6) is 0 Å². The Morgan fingerprint density at radius 1 is 1.57 bits per heavy atom. The van der Waals surface area contributed by atoms with Crippen molar-refractivity contribution in [2.45, 2.75) is 28.7 Å². The van der Waals surface area contributed by atoms with Crippen LogP contribution in [0.25, 0.3) is 0 Å². The van der Waals surface area contributed by atoms with Crippen molar-refractivity contribution in [2.75, 3.05) is 0 Å². The Bertz CT molecular complexity index is 272. The number of alkyl halides is 3. The third kappa shape index (κ3) is 3.10. The third-order valence-electron chi connectivity index (χ3n) is 1.37. The molecule has 2 atom stereocenters. The van der Waals surface area contributed by atoms with E-state index in [1.54, 1.807) is 0 Å². The van der Waals surface area contributed by atoms with Crippen molar-refractivity contribution in [1.82, 2.24) is 10.2 Å². The van der Waals surface area contributed by atoms with Crippen molar-refractivity contribution in [3.8, 4) is 0 Å². The zero-order valence-corrected chi connectivity index (χ0v) is 8.79. The van der Waals surface area contributed by atoms with Crippen LogP contribution in [-0.2, 0) is 0 Å². The van der Waals surface area contributed by atoms with E-state index in [0.717, 1.165) is 11.3 Å². The molecule has 2 unspecified atom stereocenters. The zero-order chi connectivity index (χ0) is 10.8. The van der Waals surface area contributed by atoms with Gasteiger partial charge in [-0.25, -0.2) is 0 Å². The normalized spacial score (nSPS) is 16.6. The van der Waals surface area contributed by atoms with Gasteiger partial charge in [0.15, 0.2) is 4.34 Å². The fourth-order valence-corrected chi connectivity index (χ4v) is 2.40. The number of halogens is 3. The molecule has 8 heteroatoms. The largest absolute Gasteiger partial charge is 0.402 e. The predicted molar refractivity (Wildman–Crippen MR) is 49.3 cm³/mol. The van der Waals surface area contributed by atoms with Gasteiger partial charge in [-0.2, -0.15) is 13.2 Å². The molecule has 0 radical (unpaired) electrons. The van der Waals surface area contributed by atoms with Crippen LogP contribution in [-0.4, -0.2) is 27.7 Å². The van der Waals surface area contributed by atoms with Crippen molar-refractivity contribution in [1.29, 1.82) is 0 Å². The molecule has 1 aromatic rings. The first-order valence-electron chi connectivity index (χ1n) is 3.66. The highest BCUT2D eigenvalue weighted by atomic mass is 32.2. The highest BCUT2D eigenvalue weighted by molar-refractivity contribution is 8.01. The first kappa shape index (κ1) is 11.7. The molecule has 2 N–H and O–H groups in total. The molecular weight excluding hydrogens is 235 g/mol. The number of nitrogens with zero attached hydrogens (tertiary/aromatic N) is 2. The standard InChI is InChI=1S/C6H8F3N3S2/c1-3(10)4(6(7,8)9)14-5-12-11-2-13-5/h2-4H,10H2,1H3. The minimum absolute atomic E-state index is 0.282. The first-order valence-corrected chi connectivity index (χ1v) is 5.42. The lowest BCUT2D eigenvalue weighted by atomic mass is 10.2. The molecule has 0 saturated heterocycles. The molecule has 0 bridgehead atoms. The fraction of sp³-hybridized carbons (Fsp3) is 0.667. The molecule has 0 spiro atoms. The molecule has 80 valence electrons. The second-order valence-electron chi connectivity index (χ2n) is 2.64. The van der Waals surface area contributed by atoms with Gasteiger partial charge in [-0.05, 0) is 6.92 Å². The van der Waals surface area contributed by atoms with Crippen molar-refractivity contribution < 1.29 is 13.2 Å². The average molecular weight is 243 g/mol. The van der Waals surface area contributed by atoms with Crippen molar-refractivity contribution >= 4 is 23.1 Å². The molecule has 0 aromatic carbocycles. The summed E-state index contributed by atoms with van der Waals surface area (Å²) in [6.45, 7) is 1.33. The number of hydrogen-bond donors (Lipinski definition) is 1. The summed E-state index contributed by atoms with van der Waals surface area (Å²) in [5, 5.41) is 5.35. The second kappa shape index (κ2) is 4.45. The van der Waals surface area contributed by atoms with Gasteiger partial charge in [-0.15, -0.1) is 10.2 Å². The van der Waals surface area contributed by atoms with E-state index in [-0.39, 0.29) is 4.34 Å². The lowest BCUT2D eigenvalue weighted by molar-refractivity contribution is -0.131. The van der Waals surface area contributed by atoms with Crippen LogP contribution in [0.4, 0.5) is 13.2 Å². The molecule has 1 aromatic heterocycles. The maximum absolute atomic E-state index is 12.4. The highest BCUT2D eigenvalue weighted by Crippen LogP contribution is 2.36. The van der Waals surface area contributed by atoms with E-state index in [2.05, 4.69) is 10.2 Å². The summed E-state index contributed by atoms with van der Waals surface area (Å²) < 4.78 is 37.5. The summed E-state index contributed by atoms with van der Waals surface area (Å²) in [7, 11) is 0. The maximum Gasteiger partial charge on any atom is 0.402 e. The SMILES string of the molecule is CC(N)C(Sc1nncs1)C(F)(F)F. The molecule has 0 saturated carbocycles. The number of nitrogens with two attached hydrogens (primary N) is 1. The third-order valence-corrected chi connectivity index (χ3v) is 3.66. The highest BCUT2D eigenvalue weighted by Gasteiger charge is 2.43. The first-order chi connectivity index (χ1) is 6.41. The van der Waals surface area contributed by atoms with Gasteiger partial charge in [-0.3, -0.25) is 0 Å². The summed E-state index contributed by atoms with van der Waals surface area (Å²) in [5.41, 5.74) is 6.64. The number of hydrogen-bond acceptors (Lipinski definition) is 5. The lowest BCUT2D eigenvalue weighted by Gasteiger charge is -2.21. The summed E-state index contributed by atoms with van der Waals surface area (Å²) in [6.07, 6.45) is -4.31. The van der Waals surface area contributed by atoms with Gasteiger partial charge < -0.3 is 5.73 Å².